The van der Waals surface area contributed by atoms with E-state index in [-0.39, 0.29) is 5.54 Å². The largest absolute Gasteiger partial charge is 0.384 e. The van der Waals surface area contributed by atoms with Gasteiger partial charge in [0.2, 0.25) is 5.95 Å². The van der Waals surface area contributed by atoms with Crippen molar-refractivity contribution in [1.82, 2.24) is 14.9 Å². The summed E-state index contributed by atoms with van der Waals surface area (Å²) in [4.78, 5) is 10.8. The van der Waals surface area contributed by atoms with Crippen LogP contribution in [0.25, 0.3) is 0 Å². The highest BCUT2D eigenvalue weighted by Crippen LogP contribution is 2.34. The average Bonchev–Trinajstić information content (AvgIpc) is 2.85. The van der Waals surface area contributed by atoms with Gasteiger partial charge >= 0.3 is 0 Å². The summed E-state index contributed by atoms with van der Waals surface area (Å²) in [5, 5.41) is 3.34. The number of aromatic nitrogens is 2. The van der Waals surface area contributed by atoms with Gasteiger partial charge in [-0.05, 0) is 32.5 Å². The number of hydrogen-bond donors (Lipinski definition) is 2. The van der Waals surface area contributed by atoms with Crippen molar-refractivity contribution in [3.8, 4) is 0 Å². The number of likely N-dealkylation sites (N-methyl/N-ethyl adjacent to an activating group) is 1. The standard InChI is InChI=1S/C13H23N5/c1-3-18(2)13(7-4-5-8-13)10-16-12-15-9-6-11(14)17-12/h6,9H,3-5,7-8,10H2,1-2H3,(H3,14,15,16,17). The van der Waals surface area contributed by atoms with E-state index in [0.717, 1.165) is 13.1 Å². The van der Waals surface area contributed by atoms with Gasteiger partial charge < -0.3 is 11.1 Å². The zero-order chi connectivity index (χ0) is 13.0. The molecular weight excluding hydrogens is 226 g/mol. The molecule has 1 aromatic rings. The SMILES string of the molecule is CCN(C)C1(CNc2nccc(N)n2)CCCC1. The number of rotatable bonds is 5. The van der Waals surface area contributed by atoms with Gasteiger partial charge in [0.05, 0.1) is 0 Å². The van der Waals surface area contributed by atoms with Crippen LogP contribution >= 0.6 is 0 Å². The number of hydrogen-bond acceptors (Lipinski definition) is 5. The van der Waals surface area contributed by atoms with Crippen LogP contribution in [0.1, 0.15) is 32.6 Å². The van der Waals surface area contributed by atoms with Gasteiger partial charge in [0, 0.05) is 18.3 Å². The molecule has 2 rings (SSSR count). The molecule has 3 N–H and O–H groups in total. The maximum absolute atomic E-state index is 5.66. The first-order valence-corrected chi connectivity index (χ1v) is 6.70. The van der Waals surface area contributed by atoms with Crippen LogP contribution in [0.15, 0.2) is 12.3 Å². The first-order valence-electron chi connectivity index (χ1n) is 6.70. The van der Waals surface area contributed by atoms with Crippen molar-refractivity contribution in [3.05, 3.63) is 12.3 Å². The van der Waals surface area contributed by atoms with Crippen molar-refractivity contribution < 1.29 is 0 Å². The first kappa shape index (κ1) is 13.1. The van der Waals surface area contributed by atoms with E-state index in [1.54, 1.807) is 12.3 Å². The van der Waals surface area contributed by atoms with E-state index in [9.17, 15) is 0 Å². The zero-order valence-corrected chi connectivity index (χ0v) is 11.3. The molecule has 0 unspecified atom stereocenters. The average molecular weight is 249 g/mol. The third-order valence-electron chi connectivity index (χ3n) is 4.07. The first-order chi connectivity index (χ1) is 8.66. The second-order valence-corrected chi connectivity index (χ2v) is 5.10. The fraction of sp³-hybridized carbons (Fsp3) is 0.692. The Bertz CT molecular complexity index is 387. The number of nitrogens with one attached hydrogen (secondary N) is 1. The molecule has 1 saturated carbocycles. The molecule has 1 fully saturated rings. The summed E-state index contributed by atoms with van der Waals surface area (Å²) in [5.41, 5.74) is 5.91. The summed E-state index contributed by atoms with van der Waals surface area (Å²) in [6, 6.07) is 1.70. The van der Waals surface area contributed by atoms with Crippen LogP contribution in [0, 0.1) is 0 Å². The van der Waals surface area contributed by atoms with Crippen LogP contribution in [0.2, 0.25) is 0 Å². The third-order valence-corrected chi connectivity index (χ3v) is 4.07. The second kappa shape index (κ2) is 5.52. The molecule has 5 nitrogen and oxygen atoms in total. The van der Waals surface area contributed by atoms with Crippen LogP contribution in [0.4, 0.5) is 11.8 Å². The van der Waals surface area contributed by atoms with E-state index >= 15 is 0 Å². The fourth-order valence-electron chi connectivity index (χ4n) is 2.76. The smallest absolute Gasteiger partial charge is 0.224 e. The summed E-state index contributed by atoms with van der Waals surface area (Å²) in [6.45, 7) is 4.16. The normalized spacial score (nSPS) is 18.2. The lowest BCUT2D eigenvalue weighted by atomic mass is 9.95. The number of nitrogen functional groups attached to an aromatic ring is 1. The van der Waals surface area contributed by atoms with Crippen LogP contribution < -0.4 is 11.1 Å². The second-order valence-electron chi connectivity index (χ2n) is 5.10. The highest BCUT2D eigenvalue weighted by atomic mass is 15.2. The van der Waals surface area contributed by atoms with Crippen molar-refractivity contribution in [3.63, 3.8) is 0 Å². The molecule has 5 heteroatoms. The summed E-state index contributed by atoms with van der Waals surface area (Å²) < 4.78 is 0. The highest BCUT2D eigenvalue weighted by Gasteiger charge is 2.36. The lowest BCUT2D eigenvalue weighted by Gasteiger charge is -2.38. The Balaban J connectivity index is 2.02. The van der Waals surface area contributed by atoms with Gasteiger partial charge in [-0.25, -0.2) is 4.98 Å². The monoisotopic (exact) mass is 249 g/mol. The molecule has 1 heterocycles. The quantitative estimate of drug-likeness (QED) is 0.832. The van der Waals surface area contributed by atoms with Crippen molar-refractivity contribution in [2.24, 2.45) is 0 Å². The Hall–Kier alpha value is -1.36. The molecule has 0 saturated heterocycles. The molecular formula is C13H23N5. The lowest BCUT2D eigenvalue weighted by Crippen LogP contribution is -2.49. The van der Waals surface area contributed by atoms with Crippen molar-refractivity contribution in [2.75, 3.05) is 31.2 Å². The molecule has 0 aromatic carbocycles. The summed E-state index contributed by atoms with van der Waals surface area (Å²) in [5.74, 6) is 1.14. The number of nitrogens with zero attached hydrogens (tertiary/aromatic N) is 3. The topological polar surface area (TPSA) is 67.1 Å². The summed E-state index contributed by atoms with van der Waals surface area (Å²) in [7, 11) is 2.20. The molecule has 0 radical (unpaired) electrons. The van der Waals surface area contributed by atoms with Gasteiger partial charge in [0.1, 0.15) is 5.82 Å². The van der Waals surface area contributed by atoms with Gasteiger partial charge in [-0.3, -0.25) is 4.90 Å². The molecule has 0 aliphatic heterocycles. The Morgan fingerprint density at radius 2 is 2.17 bits per heavy atom. The van der Waals surface area contributed by atoms with Crippen molar-refractivity contribution >= 4 is 11.8 Å². The molecule has 1 aliphatic rings. The van der Waals surface area contributed by atoms with E-state index in [1.165, 1.54) is 25.7 Å². The predicted octanol–water partition coefficient (Wildman–Crippen LogP) is 1.74. The zero-order valence-electron chi connectivity index (χ0n) is 11.3. The molecule has 1 aliphatic carbocycles. The van der Waals surface area contributed by atoms with E-state index in [4.69, 9.17) is 5.73 Å². The molecule has 0 bridgehead atoms. The maximum Gasteiger partial charge on any atom is 0.224 e. The Morgan fingerprint density at radius 3 is 2.78 bits per heavy atom. The lowest BCUT2D eigenvalue weighted by molar-refractivity contribution is 0.144. The Morgan fingerprint density at radius 1 is 1.44 bits per heavy atom. The molecule has 0 atom stereocenters. The molecule has 0 spiro atoms. The van der Waals surface area contributed by atoms with Crippen LogP contribution in [-0.2, 0) is 0 Å². The maximum atomic E-state index is 5.66. The predicted molar refractivity (Wildman–Crippen MR) is 74.4 cm³/mol. The van der Waals surface area contributed by atoms with E-state index in [0.29, 0.717) is 11.8 Å². The van der Waals surface area contributed by atoms with Crippen molar-refractivity contribution in [2.45, 2.75) is 38.1 Å². The van der Waals surface area contributed by atoms with Crippen LogP contribution in [0.3, 0.4) is 0 Å². The van der Waals surface area contributed by atoms with Gasteiger partial charge in [-0.15, -0.1) is 0 Å². The van der Waals surface area contributed by atoms with Crippen LogP contribution in [-0.4, -0.2) is 40.5 Å². The highest BCUT2D eigenvalue weighted by molar-refractivity contribution is 5.35. The summed E-state index contributed by atoms with van der Waals surface area (Å²) in [6.07, 6.45) is 6.79. The minimum atomic E-state index is 0.253. The minimum Gasteiger partial charge on any atom is -0.384 e. The molecule has 0 amide bonds. The fourth-order valence-corrected chi connectivity index (χ4v) is 2.76. The van der Waals surface area contributed by atoms with Gasteiger partial charge in [-0.1, -0.05) is 19.8 Å². The van der Waals surface area contributed by atoms with E-state index in [2.05, 4.69) is 34.2 Å². The summed E-state index contributed by atoms with van der Waals surface area (Å²) >= 11 is 0. The van der Waals surface area contributed by atoms with Crippen LogP contribution in [0.5, 0.6) is 0 Å². The number of anilines is 2. The third kappa shape index (κ3) is 2.72. The molecule has 100 valence electrons. The molecule has 1 aromatic heterocycles. The van der Waals surface area contributed by atoms with Crippen molar-refractivity contribution in [1.29, 1.82) is 0 Å². The van der Waals surface area contributed by atoms with Gasteiger partial charge in [0.15, 0.2) is 0 Å². The Kier molecular flexibility index (Phi) is 4.01. The Labute approximate surface area is 109 Å². The van der Waals surface area contributed by atoms with Gasteiger partial charge in [0.25, 0.3) is 0 Å². The van der Waals surface area contributed by atoms with Gasteiger partial charge in [-0.2, -0.15) is 4.98 Å². The molecule has 18 heavy (non-hydrogen) atoms. The number of nitrogens with two attached hydrogens (primary N) is 1. The van der Waals surface area contributed by atoms with E-state index < -0.39 is 0 Å². The minimum absolute atomic E-state index is 0.253. The van der Waals surface area contributed by atoms with E-state index in [1.807, 2.05) is 0 Å².